The molecule has 1 saturated carbocycles. The van der Waals surface area contributed by atoms with Gasteiger partial charge in [-0.15, -0.1) is 0 Å². The van der Waals surface area contributed by atoms with Gasteiger partial charge in [0.1, 0.15) is 0 Å². The second-order valence-corrected chi connectivity index (χ2v) is 6.84. The maximum absolute atomic E-state index is 12.3. The van der Waals surface area contributed by atoms with Crippen molar-refractivity contribution in [3.8, 4) is 0 Å². The van der Waals surface area contributed by atoms with Gasteiger partial charge in [0.2, 0.25) is 5.91 Å². The smallest absolute Gasteiger partial charge is 0.227 e. The summed E-state index contributed by atoms with van der Waals surface area (Å²) in [7, 11) is 0. The molecular weight excluding hydrogens is 248 g/mol. The molecule has 0 heterocycles. The Morgan fingerprint density at radius 3 is 2.60 bits per heavy atom. The number of benzene rings is 1. The van der Waals surface area contributed by atoms with E-state index in [0.717, 1.165) is 18.4 Å². The van der Waals surface area contributed by atoms with E-state index in [-0.39, 0.29) is 11.8 Å². The van der Waals surface area contributed by atoms with Crippen LogP contribution in [0.25, 0.3) is 0 Å². The van der Waals surface area contributed by atoms with Crippen LogP contribution in [0, 0.1) is 5.41 Å². The molecule has 0 spiro atoms. The number of amides is 1. The Bertz CT molecular complexity index is 472. The van der Waals surface area contributed by atoms with Crippen LogP contribution in [0.2, 0.25) is 0 Å². The van der Waals surface area contributed by atoms with E-state index in [2.05, 4.69) is 19.2 Å². The third kappa shape index (κ3) is 3.75. The summed E-state index contributed by atoms with van der Waals surface area (Å²) in [5, 5.41) is 3.19. The van der Waals surface area contributed by atoms with Crippen LogP contribution in [0.3, 0.4) is 0 Å². The van der Waals surface area contributed by atoms with Crippen LogP contribution in [-0.2, 0) is 4.79 Å². The maximum atomic E-state index is 12.3. The van der Waals surface area contributed by atoms with Gasteiger partial charge in [0.25, 0.3) is 0 Å². The lowest BCUT2D eigenvalue weighted by Gasteiger charge is -2.35. The average molecular weight is 274 g/mol. The minimum absolute atomic E-state index is 0.111. The number of rotatable bonds is 3. The molecule has 0 bridgehead atoms. The van der Waals surface area contributed by atoms with Gasteiger partial charge in [-0.05, 0) is 55.7 Å². The third-order valence-electron chi connectivity index (χ3n) is 4.49. The van der Waals surface area contributed by atoms with Crippen molar-refractivity contribution in [2.75, 3.05) is 5.73 Å². The maximum Gasteiger partial charge on any atom is 0.227 e. The summed E-state index contributed by atoms with van der Waals surface area (Å²) in [5.74, 6) is -0.0336. The highest BCUT2D eigenvalue weighted by atomic mass is 16.1. The minimum atomic E-state index is -0.145. The van der Waals surface area contributed by atoms with Crippen molar-refractivity contribution in [1.29, 1.82) is 0 Å². The molecule has 1 aliphatic carbocycles. The topological polar surface area (TPSA) is 55.1 Å². The number of hydrogen-bond donors (Lipinski definition) is 2. The van der Waals surface area contributed by atoms with Crippen molar-refractivity contribution < 1.29 is 4.79 Å². The molecule has 1 amide bonds. The lowest BCUT2D eigenvalue weighted by molar-refractivity contribution is -0.123. The van der Waals surface area contributed by atoms with E-state index in [0.29, 0.717) is 17.1 Å². The lowest BCUT2D eigenvalue weighted by atomic mass is 9.75. The average Bonchev–Trinajstić information content (AvgIpc) is 2.40. The van der Waals surface area contributed by atoms with Gasteiger partial charge < -0.3 is 11.1 Å². The van der Waals surface area contributed by atoms with Crippen molar-refractivity contribution in [3.05, 3.63) is 29.8 Å². The van der Waals surface area contributed by atoms with Crippen LogP contribution in [-0.4, -0.2) is 11.9 Å². The summed E-state index contributed by atoms with van der Waals surface area (Å²) >= 11 is 0. The Morgan fingerprint density at radius 2 is 2.00 bits per heavy atom. The second-order valence-electron chi connectivity index (χ2n) is 6.84. The molecule has 0 saturated heterocycles. The number of nitrogens with two attached hydrogens (primary N) is 1. The quantitative estimate of drug-likeness (QED) is 0.829. The highest BCUT2D eigenvalue weighted by Gasteiger charge is 2.28. The summed E-state index contributed by atoms with van der Waals surface area (Å²) in [6.45, 7) is 6.55. The Morgan fingerprint density at radius 1 is 1.35 bits per heavy atom. The monoisotopic (exact) mass is 274 g/mol. The van der Waals surface area contributed by atoms with Gasteiger partial charge >= 0.3 is 0 Å². The first-order valence-electron chi connectivity index (χ1n) is 7.53. The molecule has 3 N–H and O–H groups in total. The van der Waals surface area contributed by atoms with Crippen LogP contribution in [0.15, 0.2) is 24.3 Å². The highest BCUT2D eigenvalue weighted by molar-refractivity contribution is 5.83. The molecule has 0 radical (unpaired) electrons. The lowest BCUT2D eigenvalue weighted by Crippen LogP contribution is -2.41. The predicted molar refractivity (Wildman–Crippen MR) is 83.4 cm³/mol. The zero-order valence-corrected chi connectivity index (χ0v) is 12.8. The fourth-order valence-electron chi connectivity index (χ4n) is 2.85. The van der Waals surface area contributed by atoms with E-state index in [1.807, 2.05) is 31.2 Å². The molecule has 2 rings (SSSR count). The van der Waals surface area contributed by atoms with Crippen LogP contribution in [0.5, 0.6) is 0 Å². The number of hydrogen-bond acceptors (Lipinski definition) is 2. The Balaban J connectivity index is 1.92. The molecule has 3 heteroatoms. The van der Waals surface area contributed by atoms with Crippen LogP contribution < -0.4 is 11.1 Å². The normalized spacial score (nSPS) is 20.4. The molecular formula is C17H26N2O. The first kappa shape index (κ1) is 14.9. The first-order chi connectivity index (χ1) is 9.37. The largest absolute Gasteiger partial charge is 0.399 e. The number of nitrogen functional groups attached to an aromatic ring is 1. The molecule has 3 nitrogen and oxygen atoms in total. The van der Waals surface area contributed by atoms with Crippen LogP contribution >= 0.6 is 0 Å². The third-order valence-corrected chi connectivity index (χ3v) is 4.49. The zero-order chi connectivity index (χ0) is 14.8. The van der Waals surface area contributed by atoms with Gasteiger partial charge in [-0.25, -0.2) is 0 Å². The molecule has 1 atom stereocenters. The van der Waals surface area contributed by atoms with E-state index in [1.165, 1.54) is 12.8 Å². The molecule has 1 aromatic rings. The SMILES string of the molecule is CC(C(=O)NC1CCC(C)(C)CC1)c1cccc(N)c1. The van der Waals surface area contributed by atoms with Crippen LogP contribution in [0.1, 0.15) is 57.9 Å². The minimum Gasteiger partial charge on any atom is -0.399 e. The van der Waals surface area contributed by atoms with Gasteiger partial charge in [0, 0.05) is 11.7 Å². The van der Waals surface area contributed by atoms with Crippen molar-refractivity contribution >= 4 is 11.6 Å². The molecule has 0 aliphatic heterocycles. The Hall–Kier alpha value is -1.51. The van der Waals surface area contributed by atoms with Crippen LogP contribution in [0.4, 0.5) is 5.69 Å². The molecule has 0 aromatic heterocycles. The highest BCUT2D eigenvalue weighted by Crippen LogP contribution is 2.35. The van der Waals surface area contributed by atoms with Gasteiger partial charge in [-0.3, -0.25) is 4.79 Å². The molecule has 1 aromatic carbocycles. The summed E-state index contributed by atoms with van der Waals surface area (Å²) in [4.78, 5) is 12.3. The molecule has 1 aliphatic rings. The second kappa shape index (κ2) is 5.86. The van der Waals surface area contributed by atoms with Gasteiger partial charge in [-0.2, -0.15) is 0 Å². The van der Waals surface area contributed by atoms with Gasteiger partial charge in [0.05, 0.1) is 5.92 Å². The van der Waals surface area contributed by atoms with Gasteiger partial charge in [0.15, 0.2) is 0 Å². The van der Waals surface area contributed by atoms with Crippen molar-refractivity contribution in [3.63, 3.8) is 0 Å². The molecule has 110 valence electrons. The Labute approximate surface area is 121 Å². The molecule has 20 heavy (non-hydrogen) atoms. The fourth-order valence-corrected chi connectivity index (χ4v) is 2.85. The van der Waals surface area contributed by atoms with E-state index in [9.17, 15) is 4.79 Å². The predicted octanol–water partition coefficient (Wildman–Crippen LogP) is 3.46. The van der Waals surface area contributed by atoms with E-state index in [1.54, 1.807) is 0 Å². The summed E-state index contributed by atoms with van der Waals surface area (Å²) < 4.78 is 0. The first-order valence-corrected chi connectivity index (χ1v) is 7.53. The number of carbonyl (C=O) groups is 1. The number of nitrogens with one attached hydrogen (secondary N) is 1. The summed E-state index contributed by atoms with van der Waals surface area (Å²) in [6.07, 6.45) is 4.54. The van der Waals surface area contributed by atoms with Crippen molar-refractivity contribution in [1.82, 2.24) is 5.32 Å². The number of carbonyl (C=O) groups excluding carboxylic acids is 1. The van der Waals surface area contributed by atoms with E-state index < -0.39 is 0 Å². The summed E-state index contributed by atoms with van der Waals surface area (Å²) in [6, 6.07) is 7.92. The van der Waals surface area contributed by atoms with E-state index >= 15 is 0 Å². The van der Waals surface area contributed by atoms with E-state index in [4.69, 9.17) is 5.73 Å². The number of anilines is 1. The molecule has 1 fully saturated rings. The molecule has 1 unspecified atom stereocenters. The van der Waals surface area contributed by atoms with Crippen molar-refractivity contribution in [2.45, 2.75) is 58.4 Å². The zero-order valence-electron chi connectivity index (χ0n) is 12.8. The van der Waals surface area contributed by atoms with Gasteiger partial charge in [-0.1, -0.05) is 26.0 Å². The summed E-state index contributed by atoms with van der Waals surface area (Å²) in [5.41, 5.74) is 7.90. The Kier molecular flexibility index (Phi) is 4.36. The fraction of sp³-hybridized carbons (Fsp3) is 0.588. The standard InChI is InChI=1S/C17H26N2O/c1-12(13-5-4-6-14(18)11-13)16(20)19-15-7-9-17(2,3)10-8-15/h4-6,11-12,15H,7-10,18H2,1-3H3,(H,19,20). The van der Waals surface area contributed by atoms with Crippen molar-refractivity contribution in [2.24, 2.45) is 5.41 Å².